The molecule has 0 radical (unpaired) electrons. The van der Waals surface area contributed by atoms with Gasteiger partial charge in [-0.25, -0.2) is 0 Å². The highest BCUT2D eigenvalue weighted by Gasteiger charge is 2.57. The third-order valence-corrected chi connectivity index (χ3v) is 8.06. The lowest BCUT2D eigenvalue weighted by molar-refractivity contribution is -0.162. The number of carbonyl (C=O) groups is 2. The first-order valence-electron chi connectivity index (χ1n) is 10.9. The Hall–Kier alpha value is -1.10. The largest absolute Gasteiger partial charge is 0.339 e. The molecule has 6 aliphatic rings. The van der Waals surface area contributed by atoms with E-state index in [1.165, 1.54) is 19.3 Å². The number of rotatable bonds is 2. The Labute approximate surface area is 156 Å². The van der Waals surface area contributed by atoms with Crippen molar-refractivity contribution in [2.45, 2.75) is 76.3 Å². The Kier molecular flexibility index (Phi) is 4.07. The fraction of sp³-hybridized carbons (Fsp3) is 0.905. The molecule has 4 saturated carbocycles. The van der Waals surface area contributed by atoms with Crippen LogP contribution in [0.2, 0.25) is 0 Å². The summed E-state index contributed by atoms with van der Waals surface area (Å²) in [5.41, 5.74) is 5.96. The van der Waals surface area contributed by atoms with Gasteiger partial charge in [-0.2, -0.15) is 0 Å². The maximum absolute atomic E-state index is 13.7. The van der Waals surface area contributed by atoms with E-state index >= 15 is 0 Å². The van der Waals surface area contributed by atoms with Crippen molar-refractivity contribution < 1.29 is 9.59 Å². The quantitative estimate of drug-likeness (QED) is 0.821. The van der Waals surface area contributed by atoms with Gasteiger partial charge in [-0.1, -0.05) is 0 Å². The molecule has 2 atom stereocenters. The molecule has 2 aliphatic heterocycles. The number of likely N-dealkylation sites (tertiary alicyclic amines) is 2. The van der Waals surface area contributed by atoms with Crippen molar-refractivity contribution in [3.63, 3.8) is 0 Å². The minimum atomic E-state index is -0.221. The molecule has 5 nitrogen and oxygen atoms in total. The number of hydrogen-bond acceptors (Lipinski definition) is 3. The van der Waals surface area contributed by atoms with Gasteiger partial charge in [0.2, 0.25) is 11.8 Å². The molecule has 0 spiro atoms. The first-order valence-corrected chi connectivity index (χ1v) is 10.9. The predicted molar refractivity (Wildman–Crippen MR) is 99.1 cm³/mol. The van der Waals surface area contributed by atoms with Crippen LogP contribution in [0.25, 0.3) is 0 Å². The minimum Gasteiger partial charge on any atom is -0.339 e. The summed E-state index contributed by atoms with van der Waals surface area (Å²) < 4.78 is 0. The number of piperidine rings is 1. The highest BCUT2D eigenvalue weighted by molar-refractivity contribution is 5.91. The van der Waals surface area contributed by atoms with Crippen molar-refractivity contribution in [2.24, 2.45) is 28.9 Å². The zero-order valence-electron chi connectivity index (χ0n) is 15.9. The van der Waals surface area contributed by atoms with Crippen LogP contribution < -0.4 is 5.73 Å². The molecule has 0 aromatic rings. The van der Waals surface area contributed by atoms with E-state index in [9.17, 15) is 9.59 Å². The first kappa shape index (κ1) is 17.0. The average Bonchev–Trinajstić information content (AvgIpc) is 3.08. The number of nitrogens with two attached hydrogens (primary N) is 1. The van der Waals surface area contributed by atoms with Gasteiger partial charge in [-0.15, -0.1) is 0 Å². The maximum atomic E-state index is 13.7. The molecule has 2 saturated heterocycles. The molecule has 2 N–H and O–H groups in total. The van der Waals surface area contributed by atoms with Gasteiger partial charge in [0.25, 0.3) is 0 Å². The maximum Gasteiger partial charge on any atom is 0.245 e. The van der Waals surface area contributed by atoms with Gasteiger partial charge in [-0.05, 0) is 82.0 Å². The first-order chi connectivity index (χ1) is 12.5. The minimum absolute atomic E-state index is 0.0985. The fourth-order valence-corrected chi connectivity index (χ4v) is 7.36. The summed E-state index contributed by atoms with van der Waals surface area (Å²) in [5, 5.41) is 0. The second-order valence-corrected chi connectivity index (χ2v) is 10.0. The number of carbonyl (C=O) groups excluding carboxylic acids is 2. The van der Waals surface area contributed by atoms with E-state index in [2.05, 4.69) is 0 Å². The van der Waals surface area contributed by atoms with E-state index in [1.807, 2.05) is 9.80 Å². The SMILES string of the molecule is NC1CCCN(C(=O)C2CCCN2C(=O)C23CC4CC(CC(C4)C2)C3)C1. The Morgan fingerprint density at radius 2 is 1.50 bits per heavy atom. The molecular formula is C21H33N3O2. The van der Waals surface area contributed by atoms with Gasteiger partial charge in [-0.3, -0.25) is 9.59 Å². The Morgan fingerprint density at radius 1 is 0.885 bits per heavy atom. The smallest absolute Gasteiger partial charge is 0.245 e. The summed E-state index contributed by atoms with van der Waals surface area (Å²) in [4.78, 5) is 30.8. The molecule has 2 amide bonds. The fourth-order valence-electron chi connectivity index (χ4n) is 7.36. The Morgan fingerprint density at radius 3 is 2.12 bits per heavy atom. The van der Waals surface area contributed by atoms with Gasteiger partial charge in [0, 0.05) is 25.7 Å². The molecular weight excluding hydrogens is 326 g/mol. The van der Waals surface area contributed by atoms with Crippen LogP contribution in [0.15, 0.2) is 0 Å². The topological polar surface area (TPSA) is 66.6 Å². The van der Waals surface area contributed by atoms with E-state index in [0.717, 1.165) is 75.8 Å². The van der Waals surface area contributed by atoms with Crippen molar-refractivity contribution >= 4 is 11.8 Å². The van der Waals surface area contributed by atoms with Crippen LogP contribution in [0.4, 0.5) is 0 Å². The predicted octanol–water partition coefficient (Wildman–Crippen LogP) is 2.14. The highest BCUT2D eigenvalue weighted by atomic mass is 16.2. The molecule has 6 fully saturated rings. The second-order valence-electron chi connectivity index (χ2n) is 10.0. The molecule has 4 bridgehead atoms. The third-order valence-electron chi connectivity index (χ3n) is 8.06. The van der Waals surface area contributed by atoms with Crippen molar-refractivity contribution in [1.29, 1.82) is 0 Å². The molecule has 4 aliphatic carbocycles. The van der Waals surface area contributed by atoms with Crippen LogP contribution in [-0.4, -0.2) is 53.3 Å². The standard InChI is InChI=1S/C21H33N3O2/c22-17-3-1-5-23(13-17)19(25)18-4-2-6-24(18)20(26)21-10-14-7-15(11-21)9-16(8-14)12-21/h14-18H,1-13,22H2. The normalized spacial score (nSPS) is 44.6. The van der Waals surface area contributed by atoms with Gasteiger partial charge < -0.3 is 15.5 Å². The number of hydrogen-bond donors (Lipinski definition) is 1. The van der Waals surface area contributed by atoms with Crippen LogP contribution in [0.1, 0.15) is 64.2 Å². The molecule has 6 rings (SSSR count). The van der Waals surface area contributed by atoms with Crippen molar-refractivity contribution in [3.05, 3.63) is 0 Å². The van der Waals surface area contributed by atoms with E-state index in [0.29, 0.717) is 12.5 Å². The van der Waals surface area contributed by atoms with Crippen LogP contribution in [0, 0.1) is 23.2 Å². The lowest BCUT2D eigenvalue weighted by Gasteiger charge is -2.56. The number of amides is 2. The van der Waals surface area contributed by atoms with Crippen LogP contribution in [0.3, 0.4) is 0 Å². The molecule has 2 heterocycles. The van der Waals surface area contributed by atoms with E-state index < -0.39 is 0 Å². The zero-order chi connectivity index (χ0) is 17.9. The molecule has 5 heteroatoms. The van der Waals surface area contributed by atoms with Crippen molar-refractivity contribution in [2.75, 3.05) is 19.6 Å². The molecule has 0 aromatic heterocycles. The molecule has 2 unspecified atom stereocenters. The lowest BCUT2D eigenvalue weighted by Crippen LogP contribution is -2.58. The Balaban J connectivity index is 1.34. The van der Waals surface area contributed by atoms with Crippen LogP contribution in [0.5, 0.6) is 0 Å². The molecule has 26 heavy (non-hydrogen) atoms. The van der Waals surface area contributed by atoms with Crippen molar-refractivity contribution in [3.8, 4) is 0 Å². The number of nitrogens with zero attached hydrogens (tertiary/aromatic N) is 2. The van der Waals surface area contributed by atoms with Gasteiger partial charge >= 0.3 is 0 Å². The second kappa shape index (κ2) is 6.22. The molecule has 0 aromatic carbocycles. The van der Waals surface area contributed by atoms with E-state index in [4.69, 9.17) is 5.73 Å². The lowest BCUT2D eigenvalue weighted by atomic mass is 9.49. The summed E-state index contributed by atoms with van der Waals surface area (Å²) >= 11 is 0. The van der Waals surface area contributed by atoms with Gasteiger partial charge in [0.15, 0.2) is 0 Å². The summed E-state index contributed by atoms with van der Waals surface area (Å²) in [6, 6.07) is -0.123. The molecule has 144 valence electrons. The summed E-state index contributed by atoms with van der Waals surface area (Å²) in [6.07, 6.45) is 11.1. The summed E-state index contributed by atoms with van der Waals surface area (Å²) in [5.74, 6) is 2.79. The van der Waals surface area contributed by atoms with Gasteiger partial charge in [0.05, 0.1) is 5.41 Å². The average molecular weight is 360 g/mol. The third kappa shape index (κ3) is 2.69. The van der Waals surface area contributed by atoms with E-state index in [-0.39, 0.29) is 23.4 Å². The Bertz CT molecular complexity index is 569. The summed E-state index contributed by atoms with van der Waals surface area (Å²) in [7, 11) is 0. The van der Waals surface area contributed by atoms with Gasteiger partial charge in [0.1, 0.15) is 6.04 Å². The van der Waals surface area contributed by atoms with E-state index in [1.54, 1.807) is 0 Å². The zero-order valence-corrected chi connectivity index (χ0v) is 15.9. The van der Waals surface area contributed by atoms with Crippen LogP contribution >= 0.6 is 0 Å². The summed E-state index contributed by atoms with van der Waals surface area (Å²) in [6.45, 7) is 2.24. The monoisotopic (exact) mass is 359 g/mol. The highest BCUT2D eigenvalue weighted by Crippen LogP contribution is 2.60. The van der Waals surface area contributed by atoms with Crippen LogP contribution in [-0.2, 0) is 9.59 Å². The van der Waals surface area contributed by atoms with Crippen molar-refractivity contribution in [1.82, 2.24) is 9.80 Å².